The minimum Gasteiger partial charge on any atom is -0.491 e. The third-order valence-corrected chi connectivity index (χ3v) is 11.9. The fourth-order valence-corrected chi connectivity index (χ4v) is 8.19. The lowest BCUT2D eigenvalue weighted by molar-refractivity contribution is -0.125. The first-order valence-corrected chi connectivity index (χ1v) is 17.5. The number of amides is 1. The second-order valence-corrected chi connectivity index (χ2v) is 15.0. The van der Waals surface area contributed by atoms with Crippen molar-refractivity contribution < 1.29 is 23.6 Å². The van der Waals surface area contributed by atoms with E-state index in [2.05, 4.69) is 22.6 Å². The van der Waals surface area contributed by atoms with Crippen molar-refractivity contribution in [1.82, 2.24) is 4.72 Å². The zero-order chi connectivity index (χ0) is 31.6. The molecule has 2 aromatic rings. The van der Waals surface area contributed by atoms with Crippen LogP contribution in [0.1, 0.15) is 80.8 Å². The van der Waals surface area contributed by atoms with Crippen molar-refractivity contribution in [3.8, 4) is 5.75 Å². The van der Waals surface area contributed by atoms with Crippen LogP contribution in [0, 0.1) is 23.7 Å². The van der Waals surface area contributed by atoms with Gasteiger partial charge in [0.1, 0.15) is 23.0 Å². The summed E-state index contributed by atoms with van der Waals surface area (Å²) in [5.41, 5.74) is 2.35. The van der Waals surface area contributed by atoms with Crippen molar-refractivity contribution >= 4 is 40.5 Å². The Kier molecular flexibility index (Phi) is 10.2. The van der Waals surface area contributed by atoms with Gasteiger partial charge in [0.2, 0.25) is 0 Å². The number of hydrogen-bond acceptors (Lipinski definition) is 6. The van der Waals surface area contributed by atoms with Crippen LogP contribution in [0.2, 0.25) is 5.02 Å². The maximum absolute atomic E-state index is 13.3. The van der Waals surface area contributed by atoms with Gasteiger partial charge in [-0.1, -0.05) is 57.0 Å². The monoisotopic (exact) mass is 640 g/mol. The number of anilines is 1. The van der Waals surface area contributed by atoms with Gasteiger partial charge in [-0.2, -0.15) is 0 Å². The highest BCUT2D eigenvalue weighted by atomic mass is 35.5. The van der Waals surface area contributed by atoms with E-state index < -0.39 is 22.5 Å². The molecule has 44 heavy (non-hydrogen) atoms. The van der Waals surface area contributed by atoms with E-state index in [9.17, 15) is 18.9 Å². The number of nitrogens with one attached hydrogen (secondary N) is 1. The predicted molar refractivity (Wildman–Crippen MR) is 177 cm³/mol. The lowest BCUT2D eigenvalue weighted by atomic mass is 9.61. The Bertz CT molecular complexity index is 1430. The number of halogens is 1. The lowest BCUT2D eigenvalue weighted by Gasteiger charge is -2.49. The molecule has 2 bridgehead atoms. The number of carbonyl (C=O) groups excluding carboxylic acids is 2. The molecule has 7 nitrogen and oxygen atoms in total. The second kappa shape index (κ2) is 13.8. The Hall–Kier alpha value is -2.68. The third kappa shape index (κ3) is 6.63. The Morgan fingerprint density at radius 2 is 2.00 bits per heavy atom. The number of carbonyl (C=O) groups is 2. The molecule has 2 aromatic carbocycles. The van der Waals surface area contributed by atoms with Gasteiger partial charge in [0.05, 0.1) is 23.1 Å². The number of benzene rings is 2. The highest BCUT2D eigenvalue weighted by Gasteiger charge is 2.49. The normalized spacial score (nSPS) is 32.2. The molecule has 5 rings (SSSR count). The van der Waals surface area contributed by atoms with Gasteiger partial charge in [-0.15, -0.1) is 0 Å². The summed E-state index contributed by atoms with van der Waals surface area (Å²) in [7, 11) is -1.61. The summed E-state index contributed by atoms with van der Waals surface area (Å²) >= 11 is 6.40. The SMILES string of the molecule is CCCc1cc(Cl)ccc1C1COc2ccc3cc2N(C1)CC1CCC1C(O)(C(C)C=O)/C=C/CC(C)C(C)S(=O)NC3=O. The number of rotatable bonds is 5. The molecule has 0 spiro atoms. The van der Waals surface area contributed by atoms with E-state index in [1.165, 1.54) is 11.1 Å². The molecule has 1 amide bonds. The molecule has 8 unspecified atom stereocenters. The van der Waals surface area contributed by atoms with Crippen LogP contribution in [0.5, 0.6) is 5.75 Å². The fraction of sp³-hybridized carbons (Fsp3) is 0.543. The van der Waals surface area contributed by atoms with Crippen molar-refractivity contribution in [3.63, 3.8) is 0 Å². The first kappa shape index (κ1) is 32.7. The molecule has 2 aliphatic heterocycles. The maximum Gasteiger partial charge on any atom is 0.263 e. The summed E-state index contributed by atoms with van der Waals surface area (Å²) in [5, 5.41) is 12.5. The van der Waals surface area contributed by atoms with Crippen molar-refractivity contribution in [2.45, 2.75) is 76.6 Å². The van der Waals surface area contributed by atoms with Gasteiger partial charge >= 0.3 is 0 Å². The quantitative estimate of drug-likeness (QED) is 0.297. The minimum absolute atomic E-state index is 0.0217. The predicted octanol–water partition coefficient (Wildman–Crippen LogP) is 6.25. The van der Waals surface area contributed by atoms with Gasteiger partial charge in [0, 0.05) is 35.5 Å². The molecule has 0 radical (unpaired) electrons. The average molecular weight is 641 g/mol. The molecule has 9 heteroatoms. The van der Waals surface area contributed by atoms with Crippen molar-refractivity contribution in [2.75, 3.05) is 24.6 Å². The van der Waals surface area contributed by atoms with Crippen LogP contribution in [0.25, 0.3) is 0 Å². The van der Waals surface area contributed by atoms with E-state index in [0.29, 0.717) is 42.5 Å². The standard InChI is InChI=1S/C35H45ClN2O5S/c1-5-7-25-16-29(36)11-12-30(25)28-19-38-18-27-9-13-31(27)35(41,23(3)20-39)15-6-8-22(2)24(4)44(42)37-34(40)26-10-14-33(43-21-28)32(38)17-26/h6,10-12,14-17,20,22-24,27-28,31,41H,5,7-9,13,18-19,21H2,1-4H3,(H,37,40)/b15-6+. The molecule has 1 saturated carbocycles. The lowest BCUT2D eigenvalue weighted by Crippen LogP contribution is -2.53. The molecule has 8 atom stereocenters. The molecular weight excluding hydrogens is 596 g/mol. The number of ether oxygens (including phenoxy) is 1. The van der Waals surface area contributed by atoms with E-state index in [4.69, 9.17) is 16.3 Å². The van der Waals surface area contributed by atoms with Crippen LogP contribution in [0.3, 0.4) is 0 Å². The van der Waals surface area contributed by atoms with Crippen molar-refractivity contribution in [1.29, 1.82) is 0 Å². The summed E-state index contributed by atoms with van der Waals surface area (Å²) in [6.45, 7) is 9.54. The highest BCUT2D eigenvalue weighted by Crippen LogP contribution is 2.48. The maximum atomic E-state index is 13.3. The Morgan fingerprint density at radius 1 is 1.20 bits per heavy atom. The average Bonchev–Trinajstić information content (AvgIpc) is 3.17. The number of aldehydes is 1. The van der Waals surface area contributed by atoms with E-state index in [1.807, 2.05) is 50.3 Å². The Morgan fingerprint density at radius 3 is 2.70 bits per heavy atom. The van der Waals surface area contributed by atoms with Crippen LogP contribution in [-0.2, 0) is 22.2 Å². The molecular formula is C35H45ClN2O5S. The highest BCUT2D eigenvalue weighted by molar-refractivity contribution is 7.84. The van der Waals surface area contributed by atoms with Gasteiger partial charge in [-0.25, -0.2) is 4.21 Å². The zero-order valence-corrected chi connectivity index (χ0v) is 27.7. The summed E-state index contributed by atoms with van der Waals surface area (Å²) in [4.78, 5) is 27.7. The number of allylic oxidation sites excluding steroid dienone is 1. The smallest absolute Gasteiger partial charge is 0.263 e. The van der Waals surface area contributed by atoms with E-state index in [-0.39, 0.29) is 34.8 Å². The third-order valence-electron chi connectivity index (χ3n) is 10.1. The van der Waals surface area contributed by atoms with Gasteiger partial charge in [-0.3, -0.25) is 9.52 Å². The first-order chi connectivity index (χ1) is 21.0. The van der Waals surface area contributed by atoms with Crippen LogP contribution in [0.15, 0.2) is 48.6 Å². The van der Waals surface area contributed by atoms with Crippen LogP contribution in [0.4, 0.5) is 5.69 Å². The summed E-state index contributed by atoms with van der Waals surface area (Å²) in [6.07, 6.45) is 8.80. The largest absolute Gasteiger partial charge is 0.491 e. The van der Waals surface area contributed by atoms with Gasteiger partial charge < -0.3 is 19.5 Å². The number of fused-ring (bicyclic) bond motifs is 2. The second-order valence-electron chi connectivity index (χ2n) is 13.0. The molecule has 1 aliphatic carbocycles. The minimum atomic E-state index is -1.61. The fourth-order valence-electron chi connectivity index (χ4n) is 6.97. The van der Waals surface area contributed by atoms with Crippen LogP contribution < -0.4 is 14.4 Å². The topological polar surface area (TPSA) is 95.9 Å². The van der Waals surface area contributed by atoms with E-state index in [1.54, 1.807) is 13.0 Å². The molecule has 2 N–H and O–H groups in total. The molecule has 2 heterocycles. The molecule has 0 saturated heterocycles. The van der Waals surface area contributed by atoms with E-state index >= 15 is 0 Å². The van der Waals surface area contributed by atoms with Crippen molar-refractivity contribution in [2.24, 2.45) is 23.7 Å². The number of aryl methyl sites for hydroxylation is 1. The molecule has 1 fully saturated rings. The zero-order valence-electron chi connectivity index (χ0n) is 26.1. The van der Waals surface area contributed by atoms with Crippen LogP contribution in [-0.4, -0.2) is 52.1 Å². The van der Waals surface area contributed by atoms with Gasteiger partial charge in [-0.05, 0) is 91.8 Å². The summed E-state index contributed by atoms with van der Waals surface area (Å²) < 4.78 is 22.3. The summed E-state index contributed by atoms with van der Waals surface area (Å²) in [5.74, 6) is -0.211. The van der Waals surface area contributed by atoms with Gasteiger partial charge in [0.15, 0.2) is 0 Å². The first-order valence-electron chi connectivity index (χ1n) is 15.9. The Balaban J connectivity index is 1.58. The molecule has 3 aliphatic rings. The number of nitrogens with zero attached hydrogens (tertiary/aromatic N) is 1. The molecule has 0 aromatic heterocycles. The number of aliphatic hydroxyl groups is 1. The van der Waals surface area contributed by atoms with Crippen molar-refractivity contribution in [3.05, 3.63) is 70.3 Å². The summed E-state index contributed by atoms with van der Waals surface area (Å²) in [6, 6.07) is 11.5. The van der Waals surface area contributed by atoms with Gasteiger partial charge in [0.25, 0.3) is 5.91 Å². The molecule has 238 valence electrons. The van der Waals surface area contributed by atoms with Crippen LogP contribution >= 0.6 is 11.6 Å². The Labute approximate surface area is 269 Å². The van der Waals surface area contributed by atoms with E-state index in [0.717, 1.165) is 37.7 Å². The number of hydrogen-bond donors (Lipinski definition) is 2.